The van der Waals surface area contributed by atoms with Gasteiger partial charge in [-0.2, -0.15) is 0 Å². The molecule has 1 radical (unpaired) electrons. The highest BCUT2D eigenvalue weighted by atomic mass is 16.6. The first-order chi connectivity index (χ1) is 6.47. The molecule has 1 heterocycles. The molecule has 14 heavy (non-hydrogen) atoms. The van der Waals surface area contributed by atoms with Gasteiger partial charge in [0.2, 0.25) is 0 Å². The molecule has 1 saturated heterocycles. The van der Waals surface area contributed by atoms with Gasteiger partial charge in [0.1, 0.15) is 5.60 Å². The van der Waals surface area contributed by atoms with Crippen molar-refractivity contribution >= 4 is 6.09 Å². The average molecular weight is 199 g/mol. The van der Waals surface area contributed by atoms with E-state index in [1.54, 1.807) is 0 Å². The first-order valence-corrected chi connectivity index (χ1v) is 5.13. The Bertz CT molecular complexity index is 193. The summed E-state index contributed by atoms with van der Waals surface area (Å²) in [6.45, 7) is 6.40. The van der Waals surface area contributed by atoms with Gasteiger partial charge in [0.05, 0.1) is 6.17 Å². The molecule has 1 atom stereocenters. The van der Waals surface area contributed by atoms with Gasteiger partial charge in [-0.15, -0.1) is 0 Å². The maximum absolute atomic E-state index is 11.3. The van der Waals surface area contributed by atoms with Crippen LogP contribution in [0.2, 0.25) is 0 Å². The zero-order valence-corrected chi connectivity index (χ0v) is 9.17. The van der Waals surface area contributed by atoms with E-state index in [4.69, 9.17) is 4.74 Å². The summed E-state index contributed by atoms with van der Waals surface area (Å²) in [5.41, 5.74) is -0.432. The summed E-state index contributed by atoms with van der Waals surface area (Å²) < 4.78 is 5.13. The number of nitrogens with one attached hydrogen (secondary N) is 1. The summed E-state index contributed by atoms with van der Waals surface area (Å²) in [4.78, 5) is 11.3. The Morgan fingerprint density at radius 1 is 1.43 bits per heavy atom. The third kappa shape index (κ3) is 4.46. The number of ether oxygens (including phenoxy) is 1. The Kier molecular flexibility index (Phi) is 3.75. The smallest absolute Gasteiger partial charge is 0.408 e. The molecule has 4 heteroatoms. The van der Waals surface area contributed by atoms with Gasteiger partial charge in [-0.25, -0.2) is 10.1 Å². The summed E-state index contributed by atoms with van der Waals surface area (Å²) in [5, 5.41) is 7.04. The molecule has 1 fully saturated rings. The molecule has 1 rings (SSSR count). The van der Waals surface area contributed by atoms with Crippen molar-refractivity contribution in [3.8, 4) is 0 Å². The second kappa shape index (κ2) is 4.64. The summed E-state index contributed by atoms with van der Waals surface area (Å²) in [6.07, 6.45) is 2.78. The lowest BCUT2D eigenvalue weighted by atomic mass is 10.1. The molecule has 0 aromatic carbocycles. The van der Waals surface area contributed by atoms with Crippen molar-refractivity contribution in [1.29, 1.82) is 0 Å². The Balaban J connectivity index is 2.25. The predicted octanol–water partition coefficient (Wildman–Crippen LogP) is 1.63. The third-order valence-electron chi connectivity index (χ3n) is 1.92. The van der Waals surface area contributed by atoms with Crippen LogP contribution in [0, 0.1) is 0 Å². The normalized spacial score (nSPS) is 22.9. The molecule has 1 aliphatic heterocycles. The van der Waals surface area contributed by atoms with Crippen molar-refractivity contribution in [2.75, 3.05) is 6.54 Å². The van der Waals surface area contributed by atoms with Crippen LogP contribution in [0.1, 0.15) is 40.0 Å². The molecule has 81 valence electrons. The maximum atomic E-state index is 11.3. The Labute approximate surface area is 85.4 Å². The molecule has 0 aromatic rings. The number of amides is 1. The van der Waals surface area contributed by atoms with Crippen LogP contribution >= 0.6 is 0 Å². The van der Waals surface area contributed by atoms with Gasteiger partial charge in [0, 0.05) is 6.54 Å². The zero-order chi connectivity index (χ0) is 10.6. The van der Waals surface area contributed by atoms with Crippen molar-refractivity contribution in [3.63, 3.8) is 0 Å². The molecule has 0 aliphatic carbocycles. The molecule has 1 N–H and O–H groups in total. The minimum absolute atomic E-state index is 0.0430. The molecule has 0 saturated carbocycles. The number of nitrogens with zero attached hydrogens (tertiary/aromatic N) is 1. The summed E-state index contributed by atoms with van der Waals surface area (Å²) >= 11 is 0. The minimum atomic E-state index is -0.432. The highest BCUT2D eigenvalue weighted by Crippen LogP contribution is 2.09. The summed E-state index contributed by atoms with van der Waals surface area (Å²) in [5.74, 6) is 0. The van der Waals surface area contributed by atoms with Crippen LogP contribution in [-0.2, 0) is 4.74 Å². The van der Waals surface area contributed by atoms with Gasteiger partial charge in [0.25, 0.3) is 0 Å². The van der Waals surface area contributed by atoms with E-state index in [0.717, 1.165) is 25.8 Å². The van der Waals surface area contributed by atoms with Crippen LogP contribution in [0.15, 0.2) is 0 Å². The molecule has 0 spiro atoms. The first-order valence-electron chi connectivity index (χ1n) is 5.13. The summed E-state index contributed by atoms with van der Waals surface area (Å²) in [6, 6.07) is 0. The van der Waals surface area contributed by atoms with E-state index in [-0.39, 0.29) is 12.3 Å². The lowest BCUT2D eigenvalue weighted by molar-refractivity contribution is 0.0484. The van der Waals surface area contributed by atoms with Gasteiger partial charge in [-0.1, -0.05) is 0 Å². The lowest BCUT2D eigenvalue weighted by Gasteiger charge is -2.25. The van der Waals surface area contributed by atoms with Crippen LogP contribution in [0.5, 0.6) is 0 Å². The second-order valence-corrected chi connectivity index (χ2v) is 4.56. The molecule has 0 aromatic heterocycles. The molecule has 1 amide bonds. The van der Waals surface area contributed by atoms with Crippen molar-refractivity contribution in [3.05, 3.63) is 0 Å². The minimum Gasteiger partial charge on any atom is -0.444 e. The fourth-order valence-corrected chi connectivity index (χ4v) is 1.35. The number of carbonyl (C=O) groups is 1. The van der Waals surface area contributed by atoms with E-state index < -0.39 is 5.60 Å². The van der Waals surface area contributed by atoms with E-state index in [2.05, 4.69) is 10.6 Å². The predicted molar refractivity (Wildman–Crippen MR) is 54.0 cm³/mol. The van der Waals surface area contributed by atoms with E-state index in [1.807, 2.05) is 20.8 Å². The van der Waals surface area contributed by atoms with Gasteiger partial charge >= 0.3 is 6.09 Å². The quantitative estimate of drug-likeness (QED) is 0.697. The molecular formula is C10H19N2O2. The van der Waals surface area contributed by atoms with E-state index in [1.165, 1.54) is 0 Å². The number of hydrogen-bond acceptors (Lipinski definition) is 2. The maximum Gasteiger partial charge on any atom is 0.408 e. The van der Waals surface area contributed by atoms with Crippen molar-refractivity contribution in [1.82, 2.24) is 10.6 Å². The fraction of sp³-hybridized carbons (Fsp3) is 0.900. The number of hydrogen-bond donors (Lipinski definition) is 1. The number of carbonyl (C=O) groups excluding carboxylic acids is 1. The standard InChI is InChI=1S/C10H19N2O2/c1-10(2,3)14-9(13)12-8-6-4-5-7-11-8/h8H,4-7H2,1-3H3,(H,12,13). The fourth-order valence-electron chi connectivity index (χ4n) is 1.35. The molecule has 0 bridgehead atoms. The monoisotopic (exact) mass is 199 g/mol. The van der Waals surface area contributed by atoms with Gasteiger partial charge < -0.3 is 10.1 Å². The van der Waals surface area contributed by atoms with Crippen molar-refractivity contribution in [2.45, 2.75) is 51.8 Å². The van der Waals surface area contributed by atoms with E-state index >= 15 is 0 Å². The Morgan fingerprint density at radius 3 is 2.64 bits per heavy atom. The van der Waals surface area contributed by atoms with Crippen LogP contribution < -0.4 is 10.6 Å². The molecule has 1 aliphatic rings. The van der Waals surface area contributed by atoms with Crippen molar-refractivity contribution in [2.24, 2.45) is 0 Å². The second-order valence-electron chi connectivity index (χ2n) is 4.56. The molecule has 1 unspecified atom stereocenters. The van der Waals surface area contributed by atoms with Gasteiger partial charge in [-0.3, -0.25) is 0 Å². The highest BCUT2D eigenvalue weighted by Gasteiger charge is 2.20. The highest BCUT2D eigenvalue weighted by molar-refractivity contribution is 5.68. The van der Waals surface area contributed by atoms with Crippen LogP contribution in [-0.4, -0.2) is 24.4 Å². The number of piperidine rings is 1. The Hall–Kier alpha value is -0.770. The van der Waals surface area contributed by atoms with Crippen molar-refractivity contribution < 1.29 is 9.53 Å². The number of alkyl carbamates (subject to hydrolysis) is 1. The largest absolute Gasteiger partial charge is 0.444 e. The average Bonchev–Trinajstić information content (AvgIpc) is 2.02. The lowest BCUT2D eigenvalue weighted by Crippen LogP contribution is -2.45. The Morgan fingerprint density at radius 2 is 2.14 bits per heavy atom. The first kappa shape index (κ1) is 11.3. The van der Waals surface area contributed by atoms with E-state index in [9.17, 15) is 4.79 Å². The van der Waals surface area contributed by atoms with Gasteiger partial charge in [0.15, 0.2) is 0 Å². The van der Waals surface area contributed by atoms with Crippen LogP contribution in [0.25, 0.3) is 0 Å². The third-order valence-corrected chi connectivity index (χ3v) is 1.92. The van der Waals surface area contributed by atoms with Crippen LogP contribution in [0.4, 0.5) is 4.79 Å². The number of rotatable bonds is 1. The SMILES string of the molecule is CC(C)(C)OC(=O)NC1CCCC[N]1. The molecule has 4 nitrogen and oxygen atoms in total. The van der Waals surface area contributed by atoms with Gasteiger partial charge in [-0.05, 0) is 40.0 Å². The van der Waals surface area contributed by atoms with E-state index in [0.29, 0.717) is 0 Å². The summed E-state index contributed by atoms with van der Waals surface area (Å²) in [7, 11) is 0. The van der Waals surface area contributed by atoms with Crippen LogP contribution in [0.3, 0.4) is 0 Å². The zero-order valence-electron chi connectivity index (χ0n) is 9.17. The topological polar surface area (TPSA) is 52.4 Å². The molecular weight excluding hydrogens is 180 g/mol.